The number of fused-ring (bicyclic) bond motifs is 3. The number of nitrogens with one attached hydrogen (secondary N) is 2. The van der Waals surface area contributed by atoms with Crippen molar-refractivity contribution in [2.24, 2.45) is 4.99 Å². The first-order chi connectivity index (χ1) is 12.5. The van der Waals surface area contributed by atoms with Gasteiger partial charge in [-0.05, 0) is 31.5 Å². The zero-order valence-electron chi connectivity index (χ0n) is 14.7. The molecule has 26 heavy (non-hydrogen) atoms. The molecule has 3 aliphatic heterocycles. The highest BCUT2D eigenvalue weighted by molar-refractivity contribution is 6.35. The van der Waals surface area contributed by atoms with Crippen LogP contribution in [0.2, 0.25) is 10.0 Å². The number of amidine groups is 1. The monoisotopic (exact) mass is 395 g/mol. The van der Waals surface area contributed by atoms with Crippen molar-refractivity contribution in [1.29, 1.82) is 0 Å². The summed E-state index contributed by atoms with van der Waals surface area (Å²) in [6, 6.07) is 5.29. The van der Waals surface area contributed by atoms with Crippen molar-refractivity contribution in [3.8, 4) is 0 Å². The first kappa shape index (κ1) is 18.1. The summed E-state index contributed by atoms with van der Waals surface area (Å²) in [5.74, 6) is 0.936. The van der Waals surface area contributed by atoms with Gasteiger partial charge in [0.15, 0.2) is 12.0 Å². The first-order valence-corrected chi connectivity index (χ1v) is 9.83. The van der Waals surface area contributed by atoms with Gasteiger partial charge < -0.3 is 20.1 Å². The molecule has 6 nitrogen and oxygen atoms in total. The predicted octanol–water partition coefficient (Wildman–Crippen LogP) is 3.06. The minimum absolute atomic E-state index is 0.151. The van der Waals surface area contributed by atoms with Crippen LogP contribution in [0.1, 0.15) is 19.8 Å². The molecule has 0 aromatic heterocycles. The lowest BCUT2D eigenvalue weighted by atomic mass is 10.1. The van der Waals surface area contributed by atoms with Crippen LogP contribution in [0.5, 0.6) is 0 Å². The zero-order chi connectivity index (χ0) is 18.3. The quantitative estimate of drug-likeness (QED) is 0.609. The van der Waals surface area contributed by atoms with Gasteiger partial charge in [0.05, 0.1) is 11.6 Å². The van der Waals surface area contributed by atoms with Crippen molar-refractivity contribution in [1.82, 2.24) is 20.2 Å². The summed E-state index contributed by atoms with van der Waals surface area (Å²) in [4.78, 5) is 7.14. The van der Waals surface area contributed by atoms with E-state index in [2.05, 4.69) is 15.5 Å². The van der Waals surface area contributed by atoms with Crippen molar-refractivity contribution < 1.29 is 0 Å². The van der Waals surface area contributed by atoms with E-state index in [0.717, 1.165) is 37.3 Å². The van der Waals surface area contributed by atoms with Gasteiger partial charge in [-0.3, -0.25) is 5.32 Å². The number of hydroxylamine groups is 2. The lowest BCUT2D eigenvalue weighted by Crippen LogP contribution is -2.49. The van der Waals surface area contributed by atoms with Crippen molar-refractivity contribution in [3.63, 3.8) is 0 Å². The number of rotatable bonds is 3. The van der Waals surface area contributed by atoms with Crippen LogP contribution in [-0.2, 0) is 0 Å². The van der Waals surface area contributed by atoms with E-state index in [9.17, 15) is 5.21 Å². The number of halogens is 2. The summed E-state index contributed by atoms with van der Waals surface area (Å²) in [7, 11) is 0. The maximum atomic E-state index is 14.0. The number of hydrogen-bond donors (Lipinski definition) is 2. The molecule has 3 atom stereocenters. The van der Waals surface area contributed by atoms with Crippen molar-refractivity contribution in [2.75, 3.05) is 26.2 Å². The number of quaternary nitrogens is 1. The van der Waals surface area contributed by atoms with Gasteiger partial charge in [-0.15, -0.1) is 0 Å². The molecular formula is C18H23Cl2N5O. The predicted molar refractivity (Wildman–Crippen MR) is 107 cm³/mol. The largest absolute Gasteiger partial charge is 0.627 e. The Labute approximate surface area is 163 Å². The Morgan fingerprint density at radius 2 is 2.27 bits per heavy atom. The molecule has 2 unspecified atom stereocenters. The Morgan fingerprint density at radius 1 is 1.42 bits per heavy atom. The molecule has 0 radical (unpaired) electrons. The summed E-state index contributed by atoms with van der Waals surface area (Å²) in [5.41, 5.74) is 1.46. The summed E-state index contributed by atoms with van der Waals surface area (Å²) < 4.78 is -0.515. The van der Waals surface area contributed by atoms with Gasteiger partial charge in [-0.25, -0.2) is 4.99 Å². The fourth-order valence-electron chi connectivity index (χ4n) is 4.13. The second-order valence-corrected chi connectivity index (χ2v) is 7.91. The van der Waals surface area contributed by atoms with Gasteiger partial charge in [0.1, 0.15) is 23.9 Å². The fraction of sp³-hybridized carbons (Fsp3) is 0.500. The van der Waals surface area contributed by atoms with Crippen LogP contribution in [0, 0.1) is 5.21 Å². The lowest BCUT2D eigenvalue weighted by Gasteiger charge is -2.43. The second-order valence-electron chi connectivity index (χ2n) is 7.06. The highest BCUT2D eigenvalue weighted by atomic mass is 35.5. The first-order valence-electron chi connectivity index (χ1n) is 9.07. The molecule has 2 fully saturated rings. The van der Waals surface area contributed by atoms with Gasteiger partial charge in [0.25, 0.3) is 0 Å². The van der Waals surface area contributed by atoms with Gasteiger partial charge in [-0.2, -0.15) is 0 Å². The minimum atomic E-state index is -0.515. The van der Waals surface area contributed by atoms with E-state index in [-0.39, 0.29) is 18.9 Å². The molecule has 140 valence electrons. The third kappa shape index (κ3) is 3.21. The Hall–Kier alpha value is -1.31. The van der Waals surface area contributed by atoms with Crippen LogP contribution in [0.3, 0.4) is 0 Å². The molecule has 1 aromatic carbocycles. The van der Waals surface area contributed by atoms with Crippen LogP contribution in [0.25, 0.3) is 0 Å². The number of hydrogen-bond acceptors (Lipinski definition) is 5. The lowest BCUT2D eigenvalue weighted by molar-refractivity contribution is 0.304. The number of benzene rings is 1. The summed E-state index contributed by atoms with van der Waals surface area (Å²) >= 11 is 12.6. The van der Waals surface area contributed by atoms with Crippen LogP contribution in [0.4, 0.5) is 5.69 Å². The summed E-state index contributed by atoms with van der Waals surface area (Å²) in [6.07, 6.45) is 3.84. The van der Waals surface area contributed by atoms with E-state index in [1.165, 1.54) is 0 Å². The second kappa shape index (κ2) is 7.02. The topological polar surface area (TPSA) is 62.7 Å². The Kier molecular flexibility index (Phi) is 4.88. The van der Waals surface area contributed by atoms with Crippen molar-refractivity contribution >= 4 is 34.7 Å². The van der Waals surface area contributed by atoms with Crippen LogP contribution in [0.15, 0.2) is 35.0 Å². The molecule has 3 heterocycles. The number of nitrogens with zero attached hydrogens (tertiary/aromatic N) is 3. The average molecular weight is 396 g/mol. The molecule has 0 aliphatic carbocycles. The maximum absolute atomic E-state index is 14.0. The normalized spacial score (nSPS) is 30.7. The molecule has 0 amide bonds. The standard InChI is InChI=1S/C18H23Cl2N5O/c1-2-21-18-22-9-12-10-25(26,16-8-13(19)5-6-15(16)20)11-14-4-3-7-24(14)17(12)23-18/h5-6,8-9,14,18,21-22H,2-4,7,10-11H2,1H3/t14?,18-,25?/m0/s1. The van der Waals surface area contributed by atoms with E-state index in [0.29, 0.717) is 22.3 Å². The van der Waals surface area contributed by atoms with E-state index in [4.69, 9.17) is 28.2 Å². The van der Waals surface area contributed by atoms with Crippen molar-refractivity contribution in [3.05, 3.63) is 45.2 Å². The van der Waals surface area contributed by atoms with Crippen molar-refractivity contribution in [2.45, 2.75) is 32.1 Å². The minimum Gasteiger partial charge on any atom is -0.627 e. The molecule has 3 aliphatic rings. The number of aliphatic imine (C=N–C) groups is 1. The van der Waals surface area contributed by atoms with Gasteiger partial charge in [0, 0.05) is 23.8 Å². The summed E-state index contributed by atoms with van der Waals surface area (Å²) in [6.45, 7) is 4.54. The Balaban J connectivity index is 1.75. The third-order valence-corrected chi connectivity index (χ3v) is 5.83. The maximum Gasteiger partial charge on any atom is 0.175 e. The van der Waals surface area contributed by atoms with Gasteiger partial charge in [-0.1, -0.05) is 30.1 Å². The molecule has 2 saturated heterocycles. The van der Waals surface area contributed by atoms with Crippen LogP contribution < -0.4 is 15.3 Å². The molecule has 1 aromatic rings. The highest BCUT2D eigenvalue weighted by Crippen LogP contribution is 2.38. The molecule has 4 rings (SSSR count). The van der Waals surface area contributed by atoms with Crippen LogP contribution in [-0.4, -0.2) is 49.2 Å². The van der Waals surface area contributed by atoms with E-state index in [1.54, 1.807) is 18.2 Å². The molecule has 0 saturated carbocycles. The third-order valence-electron chi connectivity index (χ3n) is 5.28. The van der Waals surface area contributed by atoms with Gasteiger partial charge >= 0.3 is 0 Å². The molecular weight excluding hydrogens is 373 g/mol. The zero-order valence-corrected chi connectivity index (χ0v) is 16.2. The molecule has 8 heteroatoms. The molecule has 0 bridgehead atoms. The SMILES string of the molecule is CCN[C@@H]1N=C2C(=CN1)C[N+]([O-])(c1cc(Cl)ccc1Cl)CC1CCCN21. The van der Waals surface area contributed by atoms with Gasteiger partial charge in [0.2, 0.25) is 0 Å². The average Bonchev–Trinajstić information content (AvgIpc) is 3.01. The smallest absolute Gasteiger partial charge is 0.175 e. The van der Waals surface area contributed by atoms with Crippen LogP contribution >= 0.6 is 23.2 Å². The van der Waals surface area contributed by atoms with E-state index in [1.807, 2.05) is 13.1 Å². The molecule has 0 spiro atoms. The Bertz CT molecular complexity index is 768. The fourth-order valence-corrected chi connectivity index (χ4v) is 4.56. The van der Waals surface area contributed by atoms with E-state index >= 15 is 0 Å². The Morgan fingerprint density at radius 3 is 3.08 bits per heavy atom. The summed E-state index contributed by atoms with van der Waals surface area (Å²) in [5, 5.41) is 21.5. The molecule has 2 N–H and O–H groups in total. The highest BCUT2D eigenvalue weighted by Gasteiger charge is 2.42. The van der Waals surface area contributed by atoms with E-state index < -0.39 is 4.65 Å².